The van der Waals surface area contributed by atoms with Crippen molar-refractivity contribution in [2.75, 3.05) is 13.1 Å². The summed E-state index contributed by atoms with van der Waals surface area (Å²) in [5, 5.41) is 3.09. The Hall–Kier alpha value is -4.48. The monoisotopic (exact) mass is 695 g/mol. The third-order valence-corrected chi connectivity index (χ3v) is 8.91. The Kier molecular flexibility index (Phi) is 17.1. The van der Waals surface area contributed by atoms with E-state index in [1.165, 1.54) is 30.6 Å². The van der Waals surface area contributed by atoms with E-state index in [2.05, 4.69) is 34.9 Å². The molecule has 1 saturated heterocycles. The van der Waals surface area contributed by atoms with Gasteiger partial charge in [-0.25, -0.2) is 0 Å². The third kappa shape index (κ3) is 14.3. The van der Waals surface area contributed by atoms with Gasteiger partial charge in [-0.2, -0.15) is 5.48 Å². The molecule has 5 rings (SSSR count). The molecule has 0 radical (unpaired) electrons. The molecule has 0 unspecified atom stereocenters. The summed E-state index contributed by atoms with van der Waals surface area (Å²) in [4.78, 5) is 56.4. The number of benzene rings is 2. The highest BCUT2D eigenvalue weighted by atomic mass is 32.1. The Bertz CT molecular complexity index is 1570. The number of allylic oxidation sites excluding steroid dienone is 3. The van der Waals surface area contributed by atoms with Gasteiger partial charge in [0.25, 0.3) is 5.91 Å². The number of rotatable bonds is 14. The highest BCUT2D eigenvalue weighted by molar-refractivity contribution is 7.09. The Labute approximate surface area is 298 Å². The lowest BCUT2D eigenvalue weighted by Gasteiger charge is -2.22. The maximum absolute atomic E-state index is 12.0. The lowest BCUT2D eigenvalue weighted by Crippen LogP contribution is -2.46. The van der Waals surface area contributed by atoms with Crippen LogP contribution in [0.5, 0.6) is 5.75 Å². The van der Waals surface area contributed by atoms with Gasteiger partial charge >= 0.3 is 4.87 Å². The fraction of sp³-hybridized carbons (Fsp3) is 0.421. The number of amides is 3. The number of unbranched alkanes of at least 4 members (excludes halogenated alkanes) is 3. The van der Waals surface area contributed by atoms with E-state index in [0.717, 1.165) is 35.4 Å². The second-order valence-corrected chi connectivity index (χ2v) is 13.2. The number of nitrogens with two attached hydrogens (primary N) is 1. The molecule has 2 heterocycles. The van der Waals surface area contributed by atoms with Crippen molar-refractivity contribution in [1.29, 1.82) is 0 Å². The molecule has 0 bridgehead atoms. The normalized spacial score (nSPS) is 17.9. The van der Waals surface area contributed by atoms with E-state index in [9.17, 15) is 19.2 Å². The number of likely N-dealkylation sites (tertiary alicyclic amines) is 1. The van der Waals surface area contributed by atoms with Crippen molar-refractivity contribution in [3.05, 3.63) is 105 Å². The molecular weight excluding hydrogens is 639 g/mol. The molecule has 2 aromatic carbocycles. The number of aromatic amines is 1. The van der Waals surface area contributed by atoms with Crippen LogP contribution in [-0.2, 0) is 20.9 Å². The van der Waals surface area contributed by atoms with E-state index in [1.54, 1.807) is 4.90 Å². The maximum atomic E-state index is 12.0. The van der Waals surface area contributed by atoms with Crippen LogP contribution in [0, 0.1) is 18.8 Å². The van der Waals surface area contributed by atoms with Crippen LogP contribution in [0.3, 0.4) is 0 Å². The molecule has 2 fully saturated rings. The summed E-state index contributed by atoms with van der Waals surface area (Å²) in [5.41, 5.74) is 9.88. The van der Waals surface area contributed by atoms with Crippen molar-refractivity contribution in [2.24, 2.45) is 17.6 Å². The van der Waals surface area contributed by atoms with Gasteiger partial charge in [-0.05, 0) is 75.6 Å². The van der Waals surface area contributed by atoms with Crippen LogP contribution in [0.1, 0.15) is 79.2 Å². The first-order valence-electron chi connectivity index (χ1n) is 17.1. The van der Waals surface area contributed by atoms with Gasteiger partial charge < -0.3 is 25.8 Å². The van der Waals surface area contributed by atoms with Crippen molar-refractivity contribution >= 4 is 35.1 Å². The summed E-state index contributed by atoms with van der Waals surface area (Å²) in [6.45, 7) is 7.56. The molecule has 1 aromatic heterocycles. The summed E-state index contributed by atoms with van der Waals surface area (Å²) in [7, 11) is 0. The highest BCUT2D eigenvalue weighted by Crippen LogP contribution is 2.39. The van der Waals surface area contributed by atoms with Crippen LogP contribution in [0.25, 0.3) is 6.08 Å². The van der Waals surface area contributed by atoms with Crippen LogP contribution >= 0.6 is 11.3 Å². The quantitative estimate of drug-likeness (QED) is 0.0845. The first-order valence-corrected chi connectivity index (χ1v) is 17.9. The van der Waals surface area contributed by atoms with E-state index in [-0.39, 0.29) is 33.4 Å². The highest BCUT2D eigenvalue weighted by Gasteiger charge is 2.41. The topological polar surface area (TPSA) is 147 Å². The number of hydroxylamine groups is 1. The molecule has 3 amide bonds. The number of hydrogen-bond donors (Lipinski definition) is 4. The third-order valence-electron chi connectivity index (χ3n) is 8.09. The van der Waals surface area contributed by atoms with Gasteiger partial charge in [-0.1, -0.05) is 97.9 Å². The predicted octanol–water partition coefficient (Wildman–Crippen LogP) is 6.64. The maximum Gasteiger partial charge on any atom is 0.305 e. The molecule has 0 spiro atoms. The number of nitrogens with zero attached hydrogens (tertiary/aromatic N) is 1. The number of nitrogens with one attached hydrogen (secondary N) is 3. The molecule has 1 aliphatic carbocycles. The van der Waals surface area contributed by atoms with Crippen LogP contribution in [0.2, 0.25) is 0 Å². The first-order chi connectivity index (χ1) is 23.7. The van der Waals surface area contributed by atoms with E-state index >= 15 is 0 Å². The number of aromatic nitrogens is 1. The van der Waals surface area contributed by atoms with Crippen molar-refractivity contribution < 1.29 is 23.5 Å². The largest absolute Gasteiger partial charge is 0.380 e. The van der Waals surface area contributed by atoms with Crippen molar-refractivity contribution in [2.45, 2.75) is 78.3 Å². The summed E-state index contributed by atoms with van der Waals surface area (Å²) in [6, 6.07) is 18.7. The zero-order valence-corrected chi connectivity index (χ0v) is 29.7. The van der Waals surface area contributed by atoms with Crippen molar-refractivity contribution in [3.63, 3.8) is 0 Å². The van der Waals surface area contributed by atoms with Gasteiger partial charge in [0, 0.05) is 28.2 Å². The van der Waals surface area contributed by atoms with Gasteiger partial charge in [-0.3, -0.25) is 19.2 Å². The van der Waals surface area contributed by atoms with Gasteiger partial charge in [0.1, 0.15) is 6.04 Å². The zero-order valence-electron chi connectivity index (χ0n) is 28.9. The minimum absolute atomic E-state index is 0. The van der Waals surface area contributed by atoms with Crippen molar-refractivity contribution in [1.82, 2.24) is 20.7 Å². The Morgan fingerprint density at radius 1 is 1.10 bits per heavy atom. The van der Waals surface area contributed by atoms with Gasteiger partial charge in [0.2, 0.25) is 11.8 Å². The number of para-hydroxylation sites is 1. The predicted molar refractivity (Wildman–Crippen MR) is 203 cm³/mol. The number of thiazole rings is 1. The summed E-state index contributed by atoms with van der Waals surface area (Å²) in [6.07, 6.45) is 15.6. The molecule has 11 heteroatoms. The summed E-state index contributed by atoms with van der Waals surface area (Å²) >= 11 is 1.25. The number of H-pyrrole nitrogens is 1. The van der Waals surface area contributed by atoms with E-state index in [4.69, 9.17) is 10.6 Å². The van der Waals surface area contributed by atoms with E-state index in [0.29, 0.717) is 31.2 Å². The van der Waals surface area contributed by atoms with Crippen LogP contribution in [0.4, 0.5) is 0 Å². The zero-order chi connectivity index (χ0) is 35.4. The number of hydrogen-bond acceptors (Lipinski definition) is 7. The molecule has 2 aliphatic rings. The fourth-order valence-corrected chi connectivity index (χ4v) is 5.97. The van der Waals surface area contributed by atoms with Gasteiger partial charge in [-0.15, -0.1) is 0 Å². The minimum atomic E-state index is -0.425. The Morgan fingerprint density at radius 2 is 1.82 bits per heavy atom. The second kappa shape index (κ2) is 21.5. The van der Waals surface area contributed by atoms with Crippen LogP contribution in [-0.4, -0.2) is 46.7 Å². The summed E-state index contributed by atoms with van der Waals surface area (Å²) in [5.74, 6) is 0.661. The van der Waals surface area contributed by atoms with E-state index in [1.807, 2.05) is 86.7 Å². The van der Waals surface area contributed by atoms with Crippen LogP contribution in [0.15, 0.2) is 83.7 Å². The number of carbonyl (C=O) groups excluding carboxylic acids is 3. The van der Waals surface area contributed by atoms with Gasteiger partial charge in [0.15, 0.2) is 5.75 Å². The second-order valence-electron chi connectivity index (χ2n) is 12.0. The number of carbonyl (C=O) groups is 3. The molecule has 3 aromatic rings. The molecular formula is C38H57N5O5S. The smallest absolute Gasteiger partial charge is 0.305 e. The molecule has 3 atom stereocenters. The molecule has 1 aliphatic heterocycles. The van der Waals surface area contributed by atoms with Crippen molar-refractivity contribution in [3.8, 4) is 5.75 Å². The first kappa shape index (κ1) is 39.0. The molecule has 10 nitrogen and oxygen atoms in total. The lowest BCUT2D eigenvalue weighted by molar-refractivity contribution is -0.136. The SMILES string of the molecule is C/C=C\c1[nH]c(=O)sc1C.CCCCC/C=C\[C@@H]1C[C@@H]1C(=O)NOc1ccccc1.NC(=O)[C@@H]1CCCN1C(=O)CNCc1ccccc1.[HH].[HH].[HH]. The van der Waals surface area contributed by atoms with Crippen LogP contribution < -0.4 is 26.2 Å². The molecule has 270 valence electrons. The molecule has 1 saturated carbocycles. The van der Waals surface area contributed by atoms with E-state index < -0.39 is 11.9 Å². The number of primary amides is 1. The number of aryl methyl sites for hydroxylation is 1. The fourth-order valence-electron chi connectivity index (χ4n) is 5.30. The standard InChI is InChI=1S/C17H23NO2.C14H19N3O2.C7H9NOS.3H2/c1-2-3-4-5-7-10-14-13-16(14)17(19)18-20-15-11-8-6-9-12-15;15-14(19)12-7-4-8-17(12)13(18)10-16-9-11-5-2-1-3-6-11;1-3-4-6-5(2)10-7(9)8-6;;;/h6-12,14,16H,2-5,13H2,1H3,(H,18,19);1-3,5-6,12,16H,4,7-10H2,(H2,15,19);3-4H,1-2H3,(H,8,9);3*1H/b10-7-;;4-3-;;;/t14-,16+;12-;;;;/m10..../s1. The minimum Gasteiger partial charge on any atom is -0.380 e. The Morgan fingerprint density at radius 3 is 2.45 bits per heavy atom. The average molecular weight is 696 g/mol. The lowest BCUT2D eigenvalue weighted by atomic mass is 10.2. The molecule has 49 heavy (non-hydrogen) atoms. The summed E-state index contributed by atoms with van der Waals surface area (Å²) < 4.78 is 0. The molecule has 5 N–H and O–H groups in total. The van der Waals surface area contributed by atoms with Gasteiger partial charge in [0.05, 0.1) is 12.2 Å². The Balaban J connectivity index is 0.000000765. The average Bonchev–Trinajstić information content (AvgIpc) is 3.56.